The number of carboxylic acid groups (broad SMARTS) is 1. The van der Waals surface area contributed by atoms with Crippen molar-refractivity contribution in [3.05, 3.63) is 59.7 Å². The van der Waals surface area contributed by atoms with Gasteiger partial charge >= 0.3 is 18.2 Å². The molecule has 3 unspecified atom stereocenters. The average molecular weight is 509 g/mol. The number of ether oxygens (including phenoxy) is 1. The normalized spacial score (nSPS) is 20.2. The molecule has 35 heavy (non-hydrogen) atoms. The van der Waals surface area contributed by atoms with E-state index in [2.05, 4.69) is 0 Å². The highest BCUT2D eigenvalue weighted by Gasteiger charge is 2.51. The van der Waals surface area contributed by atoms with Crippen LogP contribution in [0.4, 0.5) is 18.0 Å². The minimum Gasteiger partial charge on any atom is -0.480 e. The van der Waals surface area contributed by atoms with Crippen LogP contribution in [0.3, 0.4) is 0 Å². The standard InChI is InChI=1S/C24H23F3N2O5S/c1-13-29(20(12-35-13)22(31)32)21(30)19(24(25,26)27)10-28-23(33)34-11-18-16-8-4-2-6-14(16)15-7-3-5-9-17(15)18/h2-9,13,18-20H,10-12H2,1H3,(H,28,33)(H,31,32). The summed E-state index contributed by atoms with van der Waals surface area (Å²) in [6.07, 6.45) is -6.07. The molecule has 0 saturated carbocycles. The molecule has 3 atom stereocenters. The molecule has 186 valence electrons. The van der Waals surface area contributed by atoms with E-state index in [9.17, 15) is 32.7 Å². The summed E-state index contributed by atoms with van der Waals surface area (Å²) in [5.74, 6) is -5.63. The van der Waals surface area contributed by atoms with Gasteiger partial charge in [0.05, 0.1) is 5.37 Å². The summed E-state index contributed by atoms with van der Waals surface area (Å²) in [7, 11) is 0. The monoisotopic (exact) mass is 508 g/mol. The third-order valence-electron chi connectivity index (χ3n) is 6.25. The number of fused-ring (bicyclic) bond motifs is 3. The summed E-state index contributed by atoms with van der Waals surface area (Å²) >= 11 is 1.08. The molecule has 1 saturated heterocycles. The number of thioether (sulfide) groups is 1. The molecule has 0 bridgehead atoms. The molecule has 2 N–H and O–H groups in total. The second-order valence-corrected chi connectivity index (χ2v) is 9.68. The summed E-state index contributed by atoms with van der Waals surface area (Å²) in [5.41, 5.74) is 3.91. The van der Waals surface area contributed by atoms with E-state index in [1.165, 1.54) is 6.92 Å². The molecule has 2 aromatic rings. The van der Waals surface area contributed by atoms with Crippen LogP contribution in [0.25, 0.3) is 11.1 Å². The fraction of sp³-hybridized carbons (Fsp3) is 0.375. The van der Waals surface area contributed by atoms with Gasteiger partial charge in [0.15, 0.2) is 5.92 Å². The fourth-order valence-corrected chi connectivity index (χ4v) is 5.70. The second-order valence-electron chi connectivity index (χ2n) is 8.33. The van der Waals surface area contributed by atoms with Crippen LogP contribution >= 0.6 is 11.8 Å². The SMILES string of the molecule is CC1SCC(C(=O)O)N1C(=O)C(CNC(=O)OCC1c2ccccc2-c2ccccc21)C(F)(F)F. The molecule has 1 fully saturated rings. The maximum absolute atomic E-state index is 13.7. The number of nitrogens with zero attached hydrogens (tertiary/aromatic N) is 1. The Bertz CT molecular complexity index is 1100. The molecule has 1 aliphatic heterocycles. The van der Waals surface area contributed by atoms with Crippen molar-refractivity contribution in [3.63, 3.8) is 0 Å². The number of rotatable bonds is 6. The number of hydrogen-bond donors (Lipinski definition) is 2. The quantitative estimate of drug-likeness (QED) is 0.611. The molecule has 0 spiro atoms. The number of aliphatic carboxylic acids is 1. The fourth-order valence-electron chi connectivity index (χ4n) is 4.53. The number of carboxylic acids is 1. The van der Waals surface area contributed by atoms with Gasteiger partial charge in [-0.1, -0.05) is 48.5 Å². The highest BCUT2D eigenvalue weighted by atomic mass is 32.2. The van der Waals surface area contributed by atoms with Crippen molar-refractivity contribution in [1.82, 2.24) is 10.2 Å². The van der Waals surface area contributed by atoms with Gasteiger partial charge in [-0.05, 0) is 29.2 Å². The van der Waals surface area contributed by atoms with Crippen LogP contribution in [0.2, 0.25) is 0 Å². The largest absolute Gasteiger partial charge is 0.480 e. The first kappa shape index (κ1) is 24.9. The zero-order chi connectivity index (χ0) is 25.3. The molecule has 2 aliphatic rings. The van der Waals surface area contributed by atoms with Gasteiger partial charge in [0.1, 0.15) is 12.6 Å². The van der Waals surface area contributed by atoms with Gasteiger partial charge in [-0.15, -0.1) is 11.8 Å². The third kappa shape index (κ3) is 4.95. The van der Waals surface area contributed by atoms with E-state index < -0.39 is 48.0 Å². The molecular weight excluding hydrogens is 485 g/mol. The Morgan fingerprint density at radius 3 is 2.23 bits per heavy atom. The number of hydrogen-bond acceptors (Lipinski definition) is 5. The van der Waals surface area contributed by atoms with Crippen LogP contribution < -0.4 is 5.32 Å². The first-order valence-electron chi connectivity index (χ1n) is 10.9. The van der Waals surface area contributed by atoms with Gasteiger partial charge in [0.25, 0.3) is 0 Å². The molecule has 0 aromatic heterocycles. The first-order chi connectivity index (χ1) is 16.6. The summed E-state index contributed by atoms with van der Waals surface area (Å²) in [4.78, 5) is 37.2. The molecular formula is C24H23F3N2O5S. The van der Waals surface area contributed by atoms with Crippen molar-refractivity contribution in [1.29, 1.82) is 0 Å². The predicted octanol–water partition coefficient (Wildman–Crippen LogP) is 4.08. The summed E-state index contributed by atoms with van der Waals surface area (Å²) in [6, 6.07) is 13.9. The number of carbonyl (C=O) groups excluding carboxylic acids is 2. The van der Waals surface area contributed by atoms with Crippen molar-refractivity contribution < 1.29 is 37.4 Å². The number of carbonyl (C=O) groups is 3. The molecule has 7 nitrogen and oxygen atoms in total. The number of amides is 2. The van der Waals surface area contributed by atoms with Crippen LogP contribution in [0, 0.1) is 5.92 Å². The maximum Gasteiger partial charge on any atom is 0.407 e. The lowest BCUT2D eigenvalue weighted by molar-refractivity contribution is -0.190. The lowest BCUT2D eigenvalue weighted by atomic mass is 9.98. The Labute approximate surface area is 203 Å². The van der Waals surface area contributed by atoms with E-state index in [4.69, 9.17) is 4.74 Å². The summed E-state index contributed by atoms with van der Waals surface area (Å²) in [5, 5.41) is 10.6. The second kappa shape index (κ2) is 9.80. The van der Waals surface area contributed by atoms with Gasteiger partial charge in [-0.25, -0.2) is 9.59 Å². The van der Waals surface area contributed by atoms with Gasteiger partial charge in [-0.3, -0.25) is 4.79 Å². The highest BCUT2D eigenvalue weighted by molar-refractivity contribution is 8.00. The van der Waals surface area contributed by atoms with E-state index >= 15 is 0 Å². The van der Waals surface area contributed by atoms with Crippen molar-refractivity contribution in [2.45, 2.75) is 30.4 Å². The van der Waals surface area contributed by atoms with Crippen molar-refractivity contribution in [2.24, 2.45) is 5.92 Å². The molecule has 11 heteroatoms. The Balaban J connectivity index is 1.41. The lowest BCUT2D eigenvalue weighted by Gasteiger charge is -2.30. The zero-order valence-corrected chi connectivity index (χ0v) is 19.4. The molecule has 0 radical (unpaired) electrons. The zero-order valence-electron chi connectivity index (χ0n) is 18.6. The van der Waals surface area contributed by atoms with Gasteiger partial charge < -0.3 is 20.1 Å². The Morgan fingerprint density at radius 1 is 1.11 bits per heavy atom. The van der Waals surface area contributed by atoms with E-state index in [1.807, 2.05) is 53.8 Å². The molecule has 4 rings (SSSR count). The number of alkyl carbamates (subject to hydrolysis) is 1. The lowest BCUT2D eigenvalue weighted by Crippen LogP contribution is -2.53. The predicted molar refractivity (Wildman–Crippen MR) is 123 cm³/mol. The van der Waals surface area contributed by atoms with E-state index in [0.717, 1.165) is 38.9 Å². The van der Waals surface area contributed by atoms with Crippen molar-refractivity contribution >= 4 is 29.7 Å². The smallest absolute Gasteiger partial charge is 0.407 e. The number of halogens is 3. The number of alkyl halides is 3. The van der Waals surface area contributed by atoms with Crippen LogP contribution in [-0.2, 0) is 14.3 Å². The Kier molecular flexibility index (Phi) is 6.98. The maximum atomic E-state index is 13.7. The van der Waals surface area contributed by atoms with Gasteiger partial charge in [0, 0.05) is 18.2 Å². The topological polar surface area (TPSA) is 95.9 Å². The van der Waals surface area contributed by atoms with Gasteiger partial charge in [-0.2, -0.15) is 13.2 Å². The average Bonchev–Trinajstić information content (AvgIpc) is 3.35. The van der Waals surface area contributed by atoms with Crippen LogP contribution in [0.15, 0.2) is 48.5 Å². The van der Waals surface area contributed by atoms with Crippen molar-refractivity contribution in [3.8, 4) is 11.1 Å². The Hall–Kier alpha value is -3.21. The molecule has 1 heterocycles. The summed E-state index contributed by atoms with van der Waals surface area (Å²) < 4.78 is 46.3. The van der Waals surface area contributed by atoms with Crippen LogP contribution in [-0.4, -0.2) is 64.5 Å². The molecule has 2 aromatic carbocycles. The van der Waals surface area contributed by atoms with E-state index in [1.54, 1.807) is 0 Å². The molecule has 1 aliphatic carbocycles. The number of benzene rings is 2. The molecule has 2 amide bonds. The minimum absolute atomic E-state index is 0.00732. The summed E-state index contributed by atoms with van der Waals surface area (Å²) in [6.45, 7) is 0.322. The number of nitrogens with one attached hydrogen (secondary N) is 1. The van der Waals surface area contributed by atoms with Crippen molar-refractivity contribution in [2.75, 3.05) is 18.9 Å². The first-order valence-corrected chi connectivity index (χ1v) is 12.0. The van der Waals surface area contributed by atoms with Crippen LogP contribution in [0.5, 0.6) is 0 Å². The van der Waals surface area contributed by atoms with E-state index in [0.29, 0.717) is 0 Å². The minimum atomic E-state index is -4.98. The highest BCUT2D eigenvalue weighted by Crippen LogP contribution is 2.44. The third-order valence-corrected chi connectivity index (χ3v) is 7.47. The van der Waals surface area contributed by atoms with Crippen LogP contribution in [0.1, 0.15) is 24.0 Å². The Morgan fingerprint density at radius 2 is 1.69 bits per heavy atom. The van der Waals surface area contributed by atoms with Gasteiger partial charge in [0.2, 0.25) is 5.91 Å². The van der Waals surface area contributed by atoms with E-state index in [-0.39, 0.29) is 18.3 Å².